The molecule has 1 aliphatic heterocycles. The topological polar surface area (TPSA) is 67.6 Å². The summed E-state index contributed by atoms with van der Waals surface area (Å²) in [6, 6.07) is -0.234. The first kappa shape index (κ1) is 14.3. The van der Waals surface area contributed by atoms with Crippen LogP contribution in [-0.4, -0.2) is 44.6 Å². The molecular weight excluding hydrogens is 314 g/mol. The van der Waals surface area contributed by atoms with Crippen molar-refractivity contribution in [2.75, 3.05) is 13.2 Å². The number of amides is 1. The molecule has 0 fully saturated rings. The molecule has 2 rings (SSSR count). The van der Waals surface area contributed by atoms with Gasteiger partial charge in [-0.3, -0.25) is 4.68 Å². The van der Waals surface area contributed by atoms with Crippen molar-refractivity contribution in [2.45, 2.75) is 39.0 Å². The first-order valence-electron chi connectivity index (χ1n) is 6.12. The van der Waals surface area contributed by atoms with Crippen LogP contribution in [0.1, 0.15) is 32.5 Å². The van der Waals surface area contributed by atoms with Crippen LogP contribution in [0.5, 0.6) is 0 Å². The number of ether oxygens (including phenoxy) is 1. The molecule has 0 radical (unpaired) electrons. The van der Waals surface area contributed by atoms with Gasteiger partial charge in [0.1, 0.15) is 5.60 Å². The summed E-state index contributed by atoms with van der Waals surface area (Å²) in [5.41, 5.74) is 0.344. The van der Waals surface area contributed by atoms with Crippen molar-refractivity contribution in [2.24, 2.45) is 0 Å². The normalized spacial score (nSPS) is 19.2. The summed E-state index contributed by atoms with van der Waals surface area (Å²) in [4.78, 5) is 13.7. The highest BCUT2D eigenvalue weighted by molar-refractivity contribution is 9.10. The largest absolute Gasteiger partial charge is 0.444 e. The summed E-state index contributed by atoms with van der Waals surface area (Å²) in [7, 11) is 0. The van der Waals surface area contributed by atoms with Gasteiger partial charge in [0.25, 0.3) is 0 Å². The third-order valence-electron chi connectivity index (χ3n) is 2.83. The fraction of sp³-hybridized carbons (Fsp3) is 0.667. The molecule has 0 spiro atoms. The molecule has 1 unspecified atom stereocenters. The molecule has 0 saturated heterocycles. The molecule has 1 aromatic rings. The van der Waals surface area contributed by atoms with Crippen LogP contribution in [0, 0.1) is 0 Å². The Morgan fingerprint density at radius 1 is 1.63 bits per heavy atom. The average Bonchev–Trinajstić information content (AvgIpc) is 2.68. The summed E-state index contributed by atoms with van der Waals surface area (Å²) in [6.45, 7) is 6.24. The first-order chi connectivity index (χ1) is 8.81. The number of aromatic nitrogens is 2. The molecule has 1 atom stereocenters. The SMILES string of the molecule is CC(C)(C)OC(=O)N1Cc2c(Br)cnn2C(CO)C1. The highest BCUT2D eigenvalue weighted by Gasteiger charge is 2.32. The monoisotopic (exact) mass is 331 g/mol. The van der Waals surface area contributed by atoms with E-state index in [4.69, 9.17) is 4.74 Å². The van der Waals surface area contributed by atoms with Gasteiger partial charge in [-0.05, 0) is 36.7 Å². The Balaban J connectivity index is 2.19. The lowest BCUT2D eigenvalue weighted by Crippen LogP contribution is -2.44. The van der Waals surface area contributed by atoms with E-state index >= 15 is 0 Å². The van der Waals surface area contributed by atoms with Crippen LogP contribution in [-0.2, 0) is 11.3 Å². The van der Waals surface area contributed by atoms with Crippen molar-refractivity contribution >= 4 is 22.0 Å². The van der Waals surface area contributed by atoms with E-state index in [9.17, 15) is 9.90 Å². The van der Waals surface area contributed by atoms with Gasteiger partial charge in [-0.15, -0.1) is 0 Å². The van der Waals surface area contributed by atoms with Crippen LogP contribution in [0.3, 0.4) is 0 Å². The van der Waals surface area contributed by atoms with Crippen LogP contribution in [0.2, 0.25) is 0 Å². The van der Waals surface area contributed by atoms with Crippen LogP contribution in [0.15, 0.2) is 10.7 Å². The molecule has 7 heteroatoms. The number of hydrogen-bond acceptors (Lipinski definition) is 4. The molecule has 1 N–H and O–H groups in total. The van der Waals surface area contributed by atoms with Crippen LogP contribution >= 0.6 is 15.9 Å². The zero-order chi connectivity index (χ0) is 14.2. The summed E-state index contributed by atoms with van der Waals surface area (Å²) in [5.74, 6) is 0. The minimum absolute atomic E-state index is 0.0690. The average molecular weight is 332 g/mol. The maximum absolute atomic E-state index is 12.1. The maximum atomic E-state index is 12.1. The second-order valence-corrected chi connectivity index (χ2v) is 6.44. The summed E-state index contributed by atoms with van der Waals surface area (Å²) in [6.07, 6.45) is 1.31. The van der Waals surface area contributed by atoms with Gasteiger partial charge in [0, 0.05) is 6.54 Å². The molecule has 0 aliphatic carbocycles. The molecule has 0 bridgehead atoms. The molecule has 106 valence electrons. The lowest BCUT2D eigenvalue weighted by Gasteiger charge is -2.34. The van der Waals surface area contributed by atoms with E-state index < -0.39 is 5.60 Å². The molecule has 2 heterocycles. The Morgan fingerprint density at radius 3 is 2.89 bits per heavy atom. The van der Waals surface area contributed by atoms with E-state index in [-0.39, 0.29) is 18.7 Å². The number of rotatable bonds is 1. The lowest BCUT2D eigenvalue weighted by molar-refractivity contribution is 0.0128. The predicted octanol–water partition coefficient (Wildman–Crippen LogP) is 1.93. The van der Waals surface area contributed by atoms with Gasteiger partial charge in [0.2, 0.25) is 0 Å². The maximum Gasteiger partial charge on any atom is 0.410 e. The summed E-state index contributed by atoms with van der Waals surface area (Å²) >= 11 is 3.40. The molecule has 0 aromatic carbocycles. The van der Waals surface area contributed by atoms with Crippen molar-refractivity contribution < 1.29 is 14.6 Å². The fourth-order valence-corrected chi connectivity index (χ4v) is 2.41. The molecule has 1 aromatic heterocycles. The molecule has 1 aliphatic rings. The molecule has 6 nitrogen and oxygen atoms in total. The van der Waals surface area contributed by atoms with E-state index in [1.807, 2.05) is 20.8 Å². The highest BCUT2D eigenvalue weighted by atomic mass is 79.9. The number of halogens is 1. The van der Waals surface area contributed by atoms with Crippen LogP contribution in [0.4, 0.5) is 4.79 Å². The smallest absolute Gasteiger partial charge is 0.410 e. The highest BCUT2D eigenvalue weighted by Crippen LogP contribution is 2.27. The lowest BCUT2D eigenvalue weighted by atomic mass is 10.2. The van der Waals surface area contributed by atoms with E-state index in [1.54, 1.807) is 15.8 Å². The van der Waals surface area contributed by atoms with E-state index in [0.717, 1.165) is 10.2 Å². The van der Waals surface area contributed by atoms with Gasteiger partial charge in [0.05, 0.1) is 35.6 Å². The number of nitrogens with zero attached hydrogens (tertiary/aromatic N) is 3. The molecule has 0 saturated carbocycles. The van der Waals surface area contributed by atoms with Crippen molar-refractivity contribution in [3.63, 3.8) is 0 Å². The zero-order valence-electron chi connectivity index (χ0n) is 11.3. The third-order valence-corrected chi connectivity index (χ3v) is 3.49. The number of carbonyl (C=O) groups excluding carboxylic acids is 1. The van der Waals surface area contributed by atoms with Crippen molar-refractivity contribution in [1.29, 1.82) is 0 Å². The zero-order valence-corrected chi connectivity index (χ0v) is 12.8. The number of aliphatic hydroxyl groups is 1. The summed E-state index contributed by atoms with van der Waals surface area (Å²) in [5, 5.41) is 13.6. The fourth-order valence-electron chi connectivity index (χ4n) is 2.01. The van der Waals surface area contributed by atoms with Crippen molar-refractivity contribution in [1.82, 2.24) is 14.7 Å². The van der Waals surface area contributed by atoms with Gasteiger partial charge in [0.15, 0.2) is 0 Å². The Hall–Kier alpha value is -1.08. The Labute approximate surface area is 120 Å². The Bertz CT molecular complexity index is 481. The number of fused-ring (bicyclic) bond motifs is 1. The standard InChI is InChI=1S/C12H18BrN3O3/c1-12(2,3)19-11(18)15-5-8(7-17)16-10(6-15)9(13)4-14-16/h4,8,17H,5-7H2,1-3H3. The van der Waals surface area contributed by atoms with Gasteiger partial charge in [-0.25, -0.2) is 4.79 Å². The first-order valence-corrected chi connectivity index (χ1v) is 6.92. The minimum Gasteiger partial charge on any atom is -0.444 e. The number of carbonyl (C=O) groups is 1. The van der Waals surface area contributed by atoms with Crippen molar-refractivity contribution in [3.05, 3.63) is 16.4 Å². The van der Waals surface area contributed by atoms with E-state index in [1.165, 1.54) is 0 Å². The van der Waals surface area contributed by atoms with E-state index in [0.29, 0.717) is 13.1 Å². The van der Waals surface area contributed by atoms with E-state index in [2.05, 4.69) is 21.0 Å². The van der Waals surface area contributed by atoms with Crippen LogP contribution in [0.25, 0.3) is 0 Å². The van der Waals surface area contributed by atoms with Gasteiger partial charge in [-0.1, -0.05) is 0 Å². The van der Waals surface area contributed by atoms with Gasteiger partial charge >= 0.3 is 6.09 Å². The minimum atomic E-state index is -0.527. The van der Waals surface area contributed by atoms with Crippen LogP contribution < -0.4 is 0 Å². The molecule has 19 heavy (non-hydrogen) atoms. The third kappa shape index (κ3) is 3.09. The van der Waals surface area contributed by atoms with Gasteiger partial charge < -0.3 is 14.7 Å². The Morgan fingerprint density at radius 2 is 2.32 bits per heavy atom. The Kier molecular flexibility index (Phi) is 3.87. The quantitative estimate of drug-likeness (QED) is 0.853. The summed E-state index contributed by atoms with van der Waals surface area (Å²) < 4.78 is 7.95. The number of hydrogen-bond donors (Lipinski definition) is 1. The second kappa shape index (κ2) is 5.13. The van der Waals surface area contributed by atoms with Gasteiger partial charge in [-0.2, -0.15) is 5.10 Å². The number of aliphatic hydroxyl groups excluding tert-OH is 1. The van der Waals surface area contributed by atoms with Crippen molar-refractivity contribution in [3.8, 4) is 0 Å². The second-order valence-electron chi connectivity index (χ2n) is 5.58. The predicted molar refractivity (Wildman–Crippen MR) is 72.7 cm³/mol. The molecule has 1 amide bonds. The molecular formula is C12H18BrN3O3.